The molecule has 0 amide bonds. The SMILES string of the molecule is Cc1nnc(-c2ccc3ncnc(Nc4ccc(S(=O)(=O)c5ccccc5)cc4)c3c2)o1.Cl. The quantitative estimate of drug-likeness (QED) is 0.375. The number of halogens is 1. The molecule has 0 bridgehead atoms. The predicted molar refractivity (Wildman–Crippen MR) is 126 cm³/mol. The van der Waals surface area contributed by atoms with Gasteiger partial charge < -0.3 is 9.73 Å². The average Bonchev–Trinajstić information content (AvgIpc) is 3.26. The largest absolute Gasteiger partial charge is 0.421 e. The van der Waals surface area contributed by atoms with Crippen LogP contribution in [0.25, 0.3) is 22.4 Å². The first-order valence-corrected chi connectivity index (χ1v) is 11.2. The molecular formula is C23H18ClN5O3S. The van der Waals surface area contributed by atoms with Gasteiger partial charge in [-0.05, 0) is 54.6 Å². The maximum absolute atomic E-state index is 12.8. The minimum atomic E-state index is -3.57. The summed E-state index contributed by atoms with van der Waals surface area (Å²) in [5.74, 6) is 1.47. The number of aromatic nitrogens is 4. The lowest BCUT2D eigenvalue weighted by atomic mass is 10.1. The van der Waals surface area contributed by atoms with Crippen molar-refractivity contribution >= 4 is 44.7 Å². The first-order chi connectivity index (χ1) is 15.5. The monoisotopic (exact) mass is 479 g/mol. The van der Waals surface area contributed by atoms with Crippen molar-refractivity contribution in [2.45, 2.75) is 16.7 Å². The van der Waals surface area contributed by atoms with E-state index in [1.165, 1.54) is 6.33 Å². The van der Waals surface area contributed by atoms with Crippen LogP contribution in [0.4, 0.5) is 11.5 Å². The molecule has 0 saturated heterocycles. The highest BCUT2D eigenvalue weighted by Crippen LogP contribution is 2.29. The standard InChI is InChI=1S/C23H17N5O3S.ClH/c1-15-27-28-23(31-15)16-7-12-21-20(13-16)22(25-14-24-21)26-17-8-10-19(11-9-17)32(29,30)18-5-3-2-4-6-18;/h2-14H,1H3,(H,24,25,26);1H. The molecule has 1 N–H and O–H groups in total. The van der Waals surface area contributed by atoms with Gasteiger partial charge in [0, 0.05) is 23.6 Å². The Labute approximate surface area is 196 Å². The second-order valence-electron chi connectivity index (χ2n) is 7.05. The van der Waals surface area contributed by atoms with Gasteiger partial charge in [-0.15, -0.1) is 22.6 Å². The highest BCUT2D eigenvalue weighted by atomic mass is 35.5. The van der Waals surface area contributed by atoms with Gasteiger partial charge in [0.2, 0.25) is 21.6 Å². The van der Waals surface area contributed by atoms with Crippen LogP contribution in [0.5, 0.6) is 0 Å². The van der Waals surface area contributed by atoms with Crippen LogP contribution in [0.3, 0.4) is 0 Å². The number of rotatable bonds is 5. The third-order valence-corrected chi connectivity index (χ3v) is 6.67. The molecule has 3 aromatic carbocycles. The number of benzene rings is 3. The molecule has 0 aliphatic rings. The normalized spacial score (nSPS) is 11.2. The van der Waals surface area contributed by atoms with Gasteiger partial charge in [-0.1, -0.05) is 18.2 Å². The van der Waals surface area contributed by atoms with Crippen LogP contribution in [-0.2, 0) is 9.84 Å². The number of hydrogen-bond donors (Lipinski definition) is 1. The molecule has 0 aliphatic heterocycles. The van der Waals surface area contributed by atoms with Gasteiger partial charge in [0.05, 0.1) is 15.3 Å². The topological polar surface area (TPSA) is 111 Å². The fraction of sp³-hybridized carbons (Fsp3) is 0.0435. The van der Waals surface area contributed by atoms with Crippen molar-refractivity contribution in [3.63, 3.8) is 0 Å². The van der Waals surface area contributed by atoms with E-state index in [-0.39, 0.29) is 22.2 Å². The molecule has 166 valence electrons. The van der Waals surface area contributed by atoms with Crippen molar-refractivity contribution in [2.24, 2.45) is 0 Å². The molecule has 2 heterocycles. The van der Waals surface area contributed by atoms with Crippen LogP contribution < -0.4 is 5.32 Å². The maximum atomic E-state index is 12.8. The molecule has 0 atom stereocenters. The summed E-state index contributed by atoms with van der Waals surface area (Å²) in [7, 11) is -3.57. The van der Waals surface area contributed by atoms with Gasteiger partial charge in [-0.3, -0.25) is 0 Å². The molecule has 0 fully saturated rings. The van der Waals surface area contributed by atoms with Crippen LogP contribution in [0, 0.1) is 6.92 Å². The van der Waals surface area contributed by atoms with E-state index in [4.69, 9.17) is 4.42 Å². The first kappa shape index (κ1) is 22.4. The van der Waals surface area contributed by atoms with Crippen molar-refractivity contribution in [3.8, 4) is 11.5 Å². The van der Waals surface area contributed by atoms with Crippen molar-refractivity contribution in [2.75, 3.05) is 5.32 Å². The molecule has 8 nitrogen and oxygen atoms in total. The minimum absolute atomic E-state index is 0. The van der Waals surface area contributed by atoms with Crippen molar-refractivity contribution < 1.29 is 12.8 Å². The Balaban J connectivity index is 0.00000259. The highest BCUT2D eigenvalue weighted by molar-refractivity contribution is 7.91. The number of sulfone groups is 1. The van der Waals surface area contributed by atoms with Crippen LogP contribution in [0.1, 0.15) is 5.89 Å². The fourth-order valence-electron chi connectivity index (χ4n) is 3.29. The predicted octanol–water partition coefficient (Wildman–Crippen LogP) is 4.99. The Morgan fingerprint density at radius 1 is 0.848 bits per heavy atom. The van der Waals surface area contributed by atoms with E-state index in [0.717, 1.165) is 16.5 Å². The molecular weight excluding hydrogens is 462 g/mol. The zero-order chi connectivity index (χ0) is 22.1. The summed E-state index contributed by atoms with van der Waals surface area (Å²) >= 11 is 0. The Bertz CT molecular complexity index is 1520. The lowest BCUT2D eigenvalue weighted by Gasteiger charge is -2.10. The lowest BCUT2D eigenvalue weighted by molar-refractivity contribution is 0.533. The van der Waals surface area contributed by atoms with E-state index < -0.39 is 9.84 Å². The molecule has 5 aromatic rings. The molecule has 5 rings (SSSR count). The lowest BCUT2D eigenvalue weighted by Crippen LogP contribution is -2.02. The van der Waals surface area contributed by atoms with Crippen molar-refractivity contribution in [1.29, 1.82) is 0 Å². The zero-order valence-corrected chi connectivity index (χ0v) is 19.0. The highest BCUT2D eigenvalue weighted by Gasteiger charge is 2.17. The number of anilines is 2. The van der Waals surface area contributed by atoms with E-state index in [9.17, 15) is 8.42 Å². The summed E-state index contributed by atoms with van der Waals surface area (Å²) in [5, 5.41) is 11.9. The maximum Gasteiger partial charge on any atom is 0.247 e. The third kappa shape index (κ3) is 4.41. The summed E-state index contributed by atoms with van der Waals surface area (Å²) in [6.07, 6.45) is 1.47. The second kappa shape index (κ2) is 8.97. The number of fused-ring (bicyclic) bond motifs is 1. The molecule has 0 spiro atoms. The Morgan fingerprint density at radius 2 is 1.58 bits per heavy atom. The van der Waals surface area contributed by atoms with E-state index in [0.29, 0.717) is 23.3 Å². The van der Waals surface area contributed by atoms with Gasteiger partial charge >= 0.3 is 0 Å². The number of nitrogens with one attached hydrogen (secondary N) is 1. The molecule has 10 heteroatoms. The molecule has 2 aromatic heterocycles. The molecule has 33 heavy (non-hydrogen) atoms. The summed E-state index contributed by atoms with van der Waals surface area (Å²) in [4.78, 5) is 9.13. The van der Waals surface area contributed by atoms with Gasteiger partial charge in [-0.2, -0.15) is 0 Å². The van der Waals surface area contributed by atoms with Crippen LogP contribution in [-0.4, -0.2) is 28.6 Å². The van der Waals surface area contributed by atoms with Crippen LogP contribution in [0.2, 0.25) is 0 Å². The Kier molecular flexibility index (Phi) is 6.08. The van der Waals surface area contributed by atoms with Crippen LogP contribution >= 0.6 is 12.4 Å². The second-order valence-corrected chi connectivity index (χ2v) is 9.00. The number of aryl methyl sites for hydroxylation is 1. The van der Waals surface area contributed by atoms with Gasteiger partial charge in [0.1, 0.15) is 12.1 Å². The zero-order valence-electron chi connectivity index (χ0n) is 17.3. The van der Waals surface area contributed by atoms with E-state index >= 15 is 0 Å². The summed E-state index contributed by atoms with van der Waals surface area (Å²) in [6.45, 7) is 1.73. The van der Waals surface area contributed by atoms with Gasteiger partial charge in [0.25, 0.3) is 0 Å². The fourth-order valence-corrected chi connectivity index (χ4v) is 4.57. The minimum Gasteiger partial charge on any atom is -0.421 e. The average molecular weight is 480 g/mol. The Hall–Kier alpha value is -3.82. The Morgan fingerprint density at radius 3 is 2.27 bits per heavy atom. The summed E-state index contributed by atoms with van der Waals surface area (Å²) in [5.41, 5.74) is 2.18. The molecule has 0 radical (unpaired) electrons. The van der Waals surface area contributed by atoms with Crippen molar-refractivity contribution in [3.05, 3.63) is 85.0 Å². The van der Waals surface area contributed by atoms with E-state index in [2.05, 4.69) is 25.5 Å². The molecule has 0 unspecified atom stereocenters. The van der Waals surface area contributed by atoms with Crippen molar-refractivity contribution in [1.82, 2.24) is 20.2 Å². The van der Waals surface area contributed by atoms with E-state index in [1.807, 2.05) is 18.2 Å². The van der Waals surface area contributed by atoms with Gasteiger partial charge in [0.15, 0.2) is 0 Å². The van der Waals surface area contributed by atoms with Gasteiger partial charge in [-0.25, -0.2) is 18.4 Å². The molecule has 0 saturated carbocycles. The van der Waals surface area contributed by atoms with Crippen LogP contribution in [0.15, 0.2) is 93.3 Å². The smallest absolute Gasteiger partial charge is 0.247 e. The third-order valence-electron chi connectivity index (χ3n) is 4.89. The number of nitrogens with zero attached hydrogens (tertiary/aromatic N) is 4. The first-order valence-electron chi connectivity index (χ1n) is 9.73. The molecule has 0 aliphatic carbocycles. The summed E-state index contributed by atoms with van der Waals surface area (Å²) in [6, 6.07) is 20.5. The number of hydrogen-bond acceptors (Lipinski definition) is 8. The van der Waals surface area contributed by atoms with E-state index in [1.54, 1.807) is 61.5 Å². The summed E-state index contributed by atoms with van der Waals surface area (Å²) < 4.78 is 31.1.